The highest BCUT2D eigenvalue weighted by molar-refractivity contribution is 9.10. The molecule has 0 spiro atoms. The van der Waals surface area contributed by atoms with Gasteiger partial charge in [0.1, 0.15) is 17.7 Å². The van der Waals surface area contributed by atoms with Crippen molar-refractivity contribution < 1.29 is 9.84 Å². The minimum atomic E-state index is -0.183. The Labute approximate surface area is 185 Å². The van der Waals surface area contributed by atoms with Gasteiger partial charge in [0, 0.05) is 21.3 Å². The lowest BCUT2D eigenvalue weighted by Crippen LogP contribution is -2.39. The summed E-state index contributed by atoms with van der Waals surface area (Å²) < 4.78 is 6.80. The maximum Gasteiger partial charge on any atom is 0.125 e. The molecule has 5 heteroatoms. The molecule has 30 heavy (non-hydrogen) atoms. The quantitative estimate of drug-likeness (QED) is 0.444. The number of phenols is 1. The first-order chi connectivity index (χ1) is 14.5. The minimum Gasteiger partial charge on any atom is -0.508 e. The Morgan fingerprint density at radius 3 is 2.53 bits per heavy atom. The SMILES string of the molecule is CCOc1ccccc1C1NC(c2ccc(C)cc2)=CC(c2cc(Br)ccc2O)N1. The Kier molecular flexibility index (Phi) is 6.11. The number of nitrogens with one attached hydrogen (secondary N) is 2. The predicted molar refractivity (Wildman–Crippen MR) is 124 cm³/mol. The summed E-state index contributed by atoms with van der Waals surface area (Å²) in [4.78, 5) is 0. The molecule has 0 amide bonds. The first-order valence-electron chi connectivity index (χ1n) is 10.1. The van der Waals surface area contributed by atoms with Gasteiger partial charge < -0.3 is 15.2 Å². The van der Waals surface area contributed by atoms with Gasteiger partial charge in [0.05, 0.1) is 12.6 Å². The van der Waals surface area contributed by atoms with Crippen LogP contribution in [-0.4, -0.2) is 11.7 Å². The second-order valence-corrected chi connectivity index (χ2v) is 8.26. The summed E-state index contributed by atoms with van der Waals surface area (Å²) in [5.74, 6) is 1.10. The standard InChI is InChI=1S/C25H25BrN2O2/c1-3-30-24-7-5-4-6-19(24)25-27-21(17-10-8-16(2)9-11-17)15-22(28-25)20-14-18(26)12-13-23(20)29/h4-15,22,25,27-29H,3H2,1-2H3. The van der Waals surface area contributed by atoms with E-state index < -0.39 is 0 Å². The Hall–Kier alpha value is -2.76. The average Bonchev–Trinajstić information content (AvgIpc) is 2.76. The van der Waals surface area contributed by atoms with E-state index in [-0.39, 0.29) is 18.0 Å². The molecule has 3 N–H and O–H groups in total. The van der Waals surface area contributed by atoms with Crippen LogP contribution in [0.15, 0.2) is 77.3 Å². The van der Waals surface area contributed by atoms with Crippen LogP contribution in [0.25, 0.3) is 5.70 Å². The number of para-hydroxylation sites is 1. The third kappa shape index (κ3) is 4.37. The van der Waals surface area contributed by atoms with Crippen LogP contribution in [0.2, 0.25) is 0 Å². The van der Waals surface area contributed by atoms with Gasteiger partial charge in [0.15, 0.2) is 0 Å². The molecule has 0 bridgehead atoms. The monoisotopic (exact) mass is 464 g/mol. The van der Waals surface area contributed by atoms with Crippen LogP contribution < -0.4 is 15.4 Å². The molecule has 2 atom stereocenters. The summed E-state index contributed by atoms with van der Waals surface area (Å²) in [7, 11) is 0. The summed E-state index contributed by atoms with van der Waals surface area (Å²) in [6.07, 6.45) is 1.93. The third-order valence-electron chi connectivity index (χ3n) is 5.20. The van der Waals surface area contributed by atoms with E-state index in [2.05, 4.69) is 69.9 Å². The smallest absolute Gasteiger partial charge is 0.125 e. The highest BCUT2D eigenvalue weighted by Crippen LogP contribution is 2.36. The number of aryl methyl sites for hydroxylation is 1. The molecule has 1 heterocycles. The molecule has 0 aromatic heterocycles. The van der Waals surface area contributed by atoms with Gasteiger partial charge in [-0.15, -0.1) is 0 Å². The second-order valence-electron chi connectivity index (χ2n) is 7.34. The molecular formula is C25H25BrN2O2. The van der Waals surface area contributed by atoms with E-state index in [0.29, 0.717) is 6.61 Å². The van der Waals surface area contributed by atoms with Gasteiger partial charge >= 0.3 is 0 Å². The maximum absolute atomic E-state index is 10.5. The zero-order valence-corrected chi connectivity index (χ0v) is 18.6. The van der Waals surface area contributed by atoms with Gasteiger partial charge in [0.25, 0.3) is 0 Å². The highest BCUT2D eigenvalue weighted by Gasteiger charge is 2.27. The van der Waals surface area contributed by atoms with E-state index in [4.69, 9.17) is 4.74 Å². The number of aromatic hydroxyl groups is 1. The van der Waals surface area contributed by atoms with E-state index >= 15 is 0 Å². The summed E-state index contributed by atoms with van der Waals surface area (Å²) in [5, 5.41) is 17.8. The fourth-order valence-electron chi connectivity index (χ4n) is 3.68. The Morgan fingerprint density at radius 2 is 1.77 bits per heavy atom. The number of phenolic OH excluding ortho intramolecular Hbond substituents is 1. The van der Waals surface area contributed by atoms with Crippen molar-refractivity contribution in [2.75, 3.05) is 6.61 Å². The van der Waals surface area contributed by atoms with Gasteiger partial charge in [-0.25, -0.2) is 0 Å². The van der Waals surface area contributed by atoms with Crippen LogP contribution in [0.5, 0.6) is 11.5 Å². The third-order valence-corrected chi connectivity index (χ3v) is 5.69. The van der Waals surface area contributed by atoms with E-state index in [0.717, 1.165) is 32.6 Å². The zero-order valence-electron chi connectivity index (χ0n) is 17.0. The van der Waals surface area contributed by atoms with E-state index in [1.54, 1.807) is 6.07 Å². The summed E-state index contributed by atoms with van der Waals surface area (Å²) in [5.41, 5.74) is 5.16. The van der Waals surface area contributed by atoms with E-state index in [1.807, 2.05) is 37.3 Å². The minimum absolute atomic E-state index is 0.181. The summed E-state index contributed by atoms with van der Waals surface area (Å²) in [6.45, 7) is 4.66. The van der Waals surface area contributed by atoms with E-state index in [9.17, 15) is 5.11 Å². The zero-order chi connectivity index (χ0) is 21.1. The van der Waals surface area contributed by atoms with Crippen LogP contribution in [-0.2, 0) is 0 Å². The van der Waals surface area contributed by atoms with Crippen LogP contribution in [0, 0.1) is 6.92 Å². The first kappa shape index (κ1) is 20.5. The van der Waals surface area contributed by atoms with Crippen LogP contribution in [0.4, 0.5) is 0 Å². The Bertz CT molecular complexity index is 1060. The lowest BCUT2D eigenvalue weighted by Gasteiger charge is -2.34. The number of ether oxygens (including phenoxy) is 1. The van der Waals surface area contributed by atoms with Crippen LogP contribution in [0.3, 0.4) is 0 Å². The predicted octanol–water partition coefficient (Wildman–Crippen LogP) is 5.84. The molecular weight excluding hydrogens is 440 g/mol. The van der Waals surface area contributed by atoms with Crippen molar-refractivity contribution in [3.05, 3.63) is 99.5 Å². The van der Waals surface area contributed by atoms with Crippen LogP contribution >= 0.6 is 15.9 Å². The van der Waals surface area contributed by atoms with Crippen molar-refractivity contribution in [3.8, 4) is 11.5 Å². The summed E-state index contributed by atoms with van der Waals surface area (Å²) >= 11 is 3.53. The van der Waals surface area contributed by atoms with Crippen molar-refractivity contribution in [2.24, 2.45) is 0 Å². The first-order valence-corrected chi connectivity index (χ1v) is 10.9. The van der Waals surface area contributed by atoms with Crippen molar-refractivity contribution >= 4 is 21.6 Å². The topological polar surface area (TPSA) is 53.5 Å². The van der Waals surface area contributed by atoms with Gasteiger partial charge in [-0.2, -0.15) is 0 Å². The van der Waals surface area contributed by atoms with Crippen molar-refractivity contribution in [2.45, 2.75) is 26.1 Å². The normalized spacial score (nSPS) is 18.4. The highest BCUT2D eigenvalue weighted by atomic mass is 79.9. The molecule has 0 radical (unpaired) electrons. The largest absolute Gasteiger partial charge is 0.508 e. The molecule has 3 aromatic rings. The van der Waals surface area contributed by atoms with Gasteiger partial charge in [0.2, 0.25) is 0 Å². The Balaban J connectivity index is 1.78. The molecule has 3 aromatic carbocycles. The molecule has 4 nitrogen and oxygen atoms in total. The molecule has 1 aliphatic rings. The molecule has 0 fully saturated rings. The number of hydrogen-bond donors (Lipinski definition) is 3. The number of benzene rings is 3. The van der Waals surface area contributed by atoms with Crippen molar-refractivity contribution in [1.29, 1.82) is 0 Å². The van der Waals surface area contributed by atoms with Crippen LogP contribution in [0.1, 0.15) is 41.4 Å². The summed E-state index contributed by atoms with van der Waals surface area (Å²) in [6, 6.07) is 21.8. The molecule has 2 unspecified atom stereocenters. The molecule has 0 aliphatic carbocycles. The Morgan fingerprint density at radius 1 is 1.00 bits per heavy atom. The number of hydrogen-bond acceptors (Lipinski definition) is 4. The van der Waals surface area contributed by atoms with Gasteiger partial charge in [-0.3, -0.25) is 5.32 Å². The van der Waals surface area contributed by atoms with Crippen molar-refractivity contribution in [3.63, 3.8) is 0 Å². The van der Waals surface area contributed by atoms with Gasteiger partial charge in [-0.05, 0) is 49.8 Å². The molecule has 4 rings (SSSR count). The number of rotatable bonds is 5. The average molecular weight is 465 g/mol. The molecule has 1 aliphatic heterocycles. The lowest BCUT2D eigenvalue weighted by atomic mass is 9.97. The van der Waals surface area contributed by atoms with E-state index in [1.165, 1.54) is 5.56 Å². The fraction of sp³-hybridized carbons (Fsp3) is 0.200. The maximum atomic E-state index is 10.5. The fourth-order valence-corrected chi connectivity index (χ4v) is 4.06. The molecule has 0 saturated carbocycles. The van der Waals surface area contributed by atoms with Crippen molar-refractivity contribution in [1.82, 2.24) is 10.6 Å². The second kappa shape index (κ2) is 8.94. The lowest BCUT2D eigenvalue weighted by molar-refractivity contribution is 0.325. The van der Waals surface area contributed by atoms with Gasteiger partial charge in [-0.1, -0.05) is 64.0 Å². The number of halogens is 1. The molecule has 0 saturated heterocycles. The molecule has 154 valence electrons.